The third-order valence-corrected chi connectivity index (χ3v) is 5.81. The Hall–Kier alpha value is -3.51. The van der Waals surface area contributed by atoms with Crippen molar-refractivity contribution in [3.8, 4) is 18.0 Å². The molecule has 1 heterocycles. The normalized spacial score (nSPS) is 13.2. The summed E-state index contributed by atoms with van der Waals surface area (Å²) in [4.78, 5) is 0. The summed E-state index contributed by atoms with van der Waals surface area (Å²) in [6.45, 7) is 0. The number of rotatable bonds is 3. The lowest BCUT2D eigenvalue weighted by Gasteiger charge is -2.24. The Morgan fingerprint density at radius 3 is 1.90 bits per heavy atom. The van der Waals surface area contributed by atoms with Gasteiger partial charge in [-0.05, 0) is 36.4 Å². The van der Waals surface area contributed by atoms with Crippen LogP contribution in [0.3, 0.4) is 0 Å². The Morgan fingerprint density at radius 2 is 1.33 bits per heavy atom. The lowest BCUT2D eigenvalue weighted by Crippen LogP contribution is -2.25. The van der Waals surface area contributed by atoms with Crippen LogP contribution >= 0.6 is 11.6 Å². The standard InChI is InChI=1S/C27H18ClNO/c1-2-27(30,20-8-7-9-21(28)18-20)19-14-16-22(17-15-19)29-25-12-5-3-10-23(25)24-11-4-6-13-26(24)29/h1,3-18,30H. The summed E-state index contributed by atoms with van der Waals surface area (Å²) in [6, 6.07) is 31.5. The summed E-state index contributed by atoms with van der Waals surface area (Å²) in [5.74, 6) is 2.54. The zero-order chi connectivity index (χ0) is 20.7. The van der Waals surface area contributed by atoms with Crippen LogP contribution in [0.2, 0.25) is 5.02 Å². The third-order valence-electron chi connectivity index (χ3n) is 5.57. The van der Waals surface area contributed by atoms with Crippen molar-refractivity contribution in [3.63, 3.8) is 0 Å². The average Bonchev–Trinajstić information content (AvgIpc) is 3.13. The first-order chi connectivity index (χ1) is 14.6. The van der Waals surface area contributed by atoms with Gasteiger partial charge in [0.15, 0.2) is 5.60 Å². The van der Waals surface area contributed by atoms with Gasteiger partial charge in [-0.1, -0.05) is 78.2 Å². The lowest BCUT2D eigenvalue weighted by molar-refractivity contribution is 0.145. The van der Waals surface area contributed by atoms with Crippen molar-refractivity contribution in [1.29, 1.82) is 0 Å². The molecule has 4 aromatic carbocycles. The summed E-state index contributed by atoms with van der Waals surface area (Å²) >= 11 is 6.12. The summed E-state index contributed by atoms with van der Waals surface area (Å²) in [5, 5.41) is 14.2. The molecule has 0 bridgehead atoms. The van der Waals surface area contributed by atoms with Crippen LogP contribution in [-0.2, 0) is 5.60 Å². The molecule has 0 amide bonds. The van der Waals surface area contributed by atoms with E-state index in [2.05, 4.69) is 46.9 Å². The summed E-state index contributed by atoms with van der Waals surface area (Å²) in [6.07, 6.45) is 5.75. The van der Waals surface area contributed by atoms with Crippen LogP contribution in [0.5, 0.6) is 0 Å². The predicted molar refractivity (Wildman–Crippen MR) is 124 cm³/mol. The minimum absolute atomic E-state index is 0.531. The van der Waals surface area contributed by atoms with Gasteiger partial charge in [0.2, 0.25) is 0 Å². The van der Waals surface area contributed by atoms with E-state index in [0.29, 0.717) is 16.1 Å². The number of hydrogen-bond acceptors (Lipinski definition) is 1. The molecule has 0 aliphatic rings. The van der Waals surface area contributed by atoms with E-state index in [-0.39, 0.29) is 0 Å². The molecule has 0 spiro atoms. The van der Waals surface area contributed by atoms with Gasteiger partial charge in [0.25, 0.3) is 0 Å². The molecule has 1 aromatic heterocycles. The topological polar surface area (TPSA) is 25.2 Å². The van der Waals surface area contributed by atoms with Crippen molar-refractivity contribution in [2.75, 3.05) is 0 Å². The highest BCUT2D eigenvalue weighted by Gasteiger charge is 2.29. The molecule has 144 valence electrons. The number of fused-ring (bicyclic) bond motifs is 3. The average molecular weight is 408 g/mol. The Morgan fingerprint density at radius 1 is 0.733 bits per heavy atom. The molecule has 0 saturated heterocycles. The molecule has 30 heavy (non-hydrogen) atoms. The fourth-order valence-electron chi connectivity index (χ4n) is 4.10. The molecule has 1 unspecified atom stereocenters. The number of aliphatic hydroxyl groups is 1. The second kappa shape index (κ2) is 7.07. The number of nitrogens with zero attached hydrogens (tertiary/aromatic N) is 1. The number of terminal acetylenes is 1. The maximum absolute atomic E-state index is 11.3. The van der Waals surface area contributed by atoms with Crippen molar-refractivity contribution in [1.82, 2.24) is 4.57 Å². The zero-order valence-electron chi connectivity index (χ0n) is 16.1. The minimum atomic E-state index is -1.55. The third kappa shape index (κ3) is 2.80. The van der Waals surface area contributed by atoms with Crippen LogP contribution in [0, 0.1) is 12.3 Å². The molecule has 0 radical (unpaired) electrons. The molecule has 0 saturated carbocycles. The lowest BCUT2D eigenvalue weighted by atomic mass is 9.87. The second-order valence-corrected chi connectivity index (χ2v) is 7.72. The molecule has 1 atom stereocenters. The van der Waals surface area contributed by atoms with Crippen molar-refractivity contribution < 1.29 is 5.11 Å². The van der Waals surface area contributed by atoms with Crippen LogP contribution in [0.4, 0.5) is 0 Å². The fourth-order valence-corrected chi connectivity index (χ4v) is 4.29. The van der Waals surface area contributed by atoms with Crippen LogP contribution in [-0.4, -0.2) is 9.67 Å². The van der Waals surface area contributed by atoms with Gasteiger partial charge < -0.3 is 9.67 Å². The van der Waals surface area contributed by atoms with Crippen molar-refractivity contribution >= 4 is 33.4 Å². The highest BCUT2D eigenvalue weighted by Crippen LogP contribution is 2.34. The SMILES string of the molecule is C#CC(O)(c1ccc(-n2c3ccccc3c3ccccc32)cc1)c1cccc(Cl)c1. The number of halogens is 1. The van der Waals surface area contributed by atoms with E-state index < -0.39 is 5.60 Å². The maximum Gasteiger partial charge on any atom is 0.176 e. The Bertz CT molecular complexity index is 1370. The van der Waals surface area contributed by atoms with Gasteiger partial charge in [0, 0.05) is 32.6 Å². The molecule has 0 aliphatic carbocycles. The zero-order valence-corrected chi connectivity index (χ0v) is 16.8. The van der Waals surface area contributed by atoms with Crippen molar-refractivity contribution in [3.05, 3.63) is 113 Å². The van der Waals surface area contributed by atoms with Gasteiger partial charge in [-0.25, -0.2) is 0 Å². The van der Waals surface area contributed by atoms with Crippen LogP contribution in [0.15, 0.2) is 97.1 Å². The molecule has 5 rings (SSSR count). The minimum Gasteiger partial charge on any atom is -0.369 e. The Labute approximate surface area is 180 Å². The van der Waals surface area contributed by atoms with Gasteiger partial charge in [-0.2, -0.15) is 0 Å². The summed E-state index contributed by atoms with van der Waals surface area (Å²) in [5.41, 5.74) is 2.91. The van der Waals surface area contributed by atoms with Crippen LogP contribution in [0.1, 0.15) is 11.1 Å². The van der Waals surface area contributed by atoms with Crippen LogP contribution < -0.4 is 0 Å². The van der Waals surface area contributed by atoms with E-state index in [1.54, 1.807) is 24.3 Å². The quantitative estimate of drug-likeness (QED) is 0.348. The monoisotopic (exact) mass is 407 g/mol. The molecule has 3 heteroatoms. The van der Waals surface area contributed by atoms with E-state index in [1.165, 1.54) is 10.8 Å². The number of para-hydroxylation sites is 2. The van der Waals surface area contributed by atoms with E-state index in [1.807, 2.05) is 36.4 Å². The number of benzene rings is 4. The molecule has 0 fully saturated rings. The number of hydrogen-bond donors (Lipinski definition) is 1. The van der Waals surface area contributed by atoms with E-state index in [9.17, 15) is 5.11 Å². The second-order valence-electron chi connectivity index (χ2n) is 7.28. The first-order valence-electron chi connectivity index (χ1n) is 9.67. The Kier molecular flexibility index (Phi) is 4.37. The molecular formula is C27H18ClNO. The first-order valence-corrected chi connectivity index (χ1v) is 10.0. The van der Waals surface area contributed by atoms with Gasteiger partial charge in [0.1, 0.15) is 0 Å². The summed E-state index contributed by atoms with van der Waals surface area (Å²) < 4.78 is 2.22. The summed E-state index contributed by atoms with van der Waals surface area (Å²) in [7, 11) is 0. The predicted octanol–water partition coefficient (Wildman–Crippen LogP) is 6.31. The van der Waals surface area contributed by atoms with Crippen molar-refractivity contribution in [2.24, 2.45) is 0 Å². The smallest absolute Gasteiger partial charge is 0.176 e. The fraction of sp³-hybridized carbons (Fsp3) is 0.0370. The maximum atomic E-state index is 11.3. The van der Waals surface area contributed by atoms with Gasteiger partial charge in [-0.15, -0.1) is 6.42 Å². The molecule has 2 nitrogen and oxygen atoms in total. The van der Waals surface area contributed by atoms with Gasteiger partial charge in [-0.3, -0.25) is 0 Å². The molecule has 5 aromatic rings. The number of aromatic nitrogens is 1. The van der Waals surface area contributed by atoms with Crippen molar-refractivity contribution in [2.45, 2.75) is 5.60 Å². The molecule has 0 aliphatic heterocycles. The van der Waals surface area contributed by atoms with Gasteiger partial charge >= 0.3 is 0 Å². The molecular weight excluding hydrogens is 390 g/mol. The van der Waals surface area contributed by atoms with E-state index >= 15 is 0 Å². The highest BCUT2D eigenvalue weighted by atomic mass is 35.5. The highest BCUT2D eigenvalue weighted by molar-refractivity contribution is 6.30. The molecule has 1 N–H and O–H groups in total. The van der Waals surface area contributed by atoms with E-state index in [0.717, 1.165) is 16.7 Å². The van der Waals surface area contributed by atoms with Gasteiger partial charge in [0.05, 0.1) is 11.0 Å². The Balaban J connectivity index is 1.67. The first kappa shape index (κ1) is 18.5. The van der Waals surface area contributed by atoms with E-state index in [4.69, 9.17) is 18.0 Å². The largest absolute Gasteiger partial charge is 0.369 e. The van der Waals surface area contributed by atoms with Crippen LogP contribution in [0.25, 0.3) is 27.5 Å².